The van der Waals surface area contributed by atoms with Gasteiger partial charge in [0, 0.05) is 31.0 Å². The predicted octanol–water partition coefficient (Wildman–Crippen LogP) is 2.33. The molecule has 1 atom stereocenters. The number of nitrogens with zero attached hydrogens (tertiary/aromatic N) is 1. The molecule has 7 N–H and O–H groups in total. The number of aliphatic hydroxyl groups is 1. The second kappa shape index (κ2) is 13.5. The molecule has 0 saturated heterocycles. The van der Waals surface area contributed by atoms with Crippen LogP contribution >= 0.6 is 20.8 Å². The van der Waals surface area contributed by atoms with Gasteiger partial charge in [0.2, 0.25) is 5.71 Å². The Labute approximate surface area is 197 Å². The van der Waals surface area contributed by atoms with E-state index in [2.05, 4.69) is 15.0 Å². The molecule has 0 radical (unpaired) electrons. The number of aliphatic hydroxyl groups excluding tert-OH is 1. The lowest BCUT2D eigenvalue weighted by atomic mass is 9.96. The molecule has 0 aromatic heterocycles. The van der Waals surface area contributed by atoms with Crippen LogP contribution in [0.1, 0.15) is 47.5 Å². The van der Waals surface area contributed by atoms with E-state index >= 15 is 0 Å². The molecule has 1 aromatic rings. The number of amidine groups is 1. The molecule has 0 spiro atoms. The summed E-state index contributed by atoms with van der Waals surface area (Å²) in [6, 6.07) is 5.64. The van der Waals surface area contributed by atoms with Crippen molar-refractivity contribution in [3.63, 3.8) is 0 Å². The van der Waals surface area contributed by atoms with Gasteiger partial charge in [0.25, 0.3) is 5.91 Å². The van der Waals surface area contributed by atoms with E-state index < -0.39 is 14.7 Å². The minimum atomic E-state index is -0.517. The van der Waals surface area contributed by atoms with Gasteiger partial charge < -0.3 is 20.9 Å². The number of hydrogen-bond donors (Lipinski definition) is 5. The number of rotatable bonds is 12. The van der Waals surface area contributed by atoms with E-state index in [1.165, 1.54) is 11.9 Å². The number of anilines is 1. The molecule has 0 aliphatic rings. The molecule has 1 rings (SSSR count). The number of amides is 1. The summed E-state index contributed by atoms with van der Waals surface area (Å²) in [4.78, 5) is 17.5. The van der Waals surface area contributed by atoms with Gasteiger partial charge in [0.15, 0.2) is 14.6 Å². The van der Waals surface area contributed by atoms with Crippen molar-refractivity contribution >= 4 is 54.9 Å². The van der Waals surface area contributed by atoms with Crippen LogP contribution in [0, 0.1) is 5.41 Å². The normalized spacial score (nSPS) is 13.2. The first kappa shape index (κ1) is 27.9. The Kier molecular flexibility index (Phi) is 11.8. The highest BCUT2D eigenvalue weighted by molar-refractivity contribution is 7.99. The van der Waals surface area contributed by atoms with Crippen LogP contribution in [-0.2, 0) is 9.32 Å². The second-order valence-corrected chi connectivity index (χ2v) is 10.2. The van der Waals surface area contributed by atoms with Gasteiger partial charge in [-0.15, -0.1) is 0 Å². The highest BCUT2D eigenvalue weighted by atomic mass is 32.2. The Balaban J connectivity index is 3.45. The van der Waals surface area contributed by atoms with E-state index in [1.807, 2.05) is 59.1 Å². The quantitative estimate of drug-likeness (QED) is 0.0774. The number of allylic oxidation sites excluding steroid dienone is 1. The van der Waals surface area contributed by atoms with Crippen molar-refractivity contribution in [3.8, 4) is 0 Å². The topological polar surface area (TPSA) is 135 Å². The molecule has 0 bridgehead atoms. The van der Waals surface area contributed by atoms with E-state index in [4.69, 9.17) is 15.7 Å². The molecule has 1 amide bonds. The standard InChI is InChI=1S/C22H36N5O3PS/c1-7-9-15(23)19(28)18(21(29)25-13-22(3,4)5)20(24)26-16-11-10-14(27-32-6)12-17(16)31-30-8-2/h10-12,23,27-28,31H,7-9,13H2,1-6H3,(H2,24,26)(H,25,29)/p+2/b19-18+,23-15?. The predicted molar refractivity (Wildman–Crippen MR) is 140 cm³/mol. The molecular formula is C22H38N5O3PS+2. The zero-order chi connectivity index (χ0) is 24.3. The van der Waals surface area contributed by atoms with Crippen molar-refractivity contribution in [1.29, 1.82) is 0 Å². The summed E-state index contributed by atoms with van der Waals surface area (Å²) in [5, 5.41) is 20.5. The Morgan fingerprint density at radius 2 is 2.03 bits per heavy atom. The zero-order valence-electron chi connectivity index (χ0n) is 19.9. The van der Waals surface area contributed by atoms with E-state index in [0.717, 1.165) is 17.4 Å². The molecule has 0 saturated carbocycles. The molecular weight excluding hydrogens is 445 g/mol. The van der Waals surface area contributed by atoms with Crippen molar-refractivity contribution in [3.05, 3.63) is 29.5 Å². The minimum absolute atomic E-state index is 0.101. The fraction of sp³-hybridized carbons (Fsp3) is 0.500. The Morgan fingerprint density at radius 1 is 1.34 bits per heavy atom. The third-order valence-corrected chi connectivity index (χ3v) is 5.84. The number of nitrogens with two attached hydrogens (primary N) is 2. The van der Waals surface area contributed by atoms with Crippen LogP contribution in [0.25, 0.3) is 0 Å². The molecule has 32 heavy (non-hydrogen) atoms. The molecule has 178 valence electrons. The largest absolute Gasteiger partial charge is 0.502 e. The van der Waals surface area contributed by atoms with Crippen molar-refractivity contribution in [1.82, 2.24) is 5.32 Å². The Bertz CT molecular complexity index is 866. The number of benzene rings is 1. The number of nitrogens with one attached hydrogen (secondary N) is 2. The third kappa shape index (κ3) is 9.18. The van der Waals surface area contributed by atoms with Gasteiger partial charge in [-0.3, -0.25) is 10.2 Å². The number of carbonyl (C=O) groups is 1. The van der Waals surface area contributed by atoms with E-state index in [0.29, 0.717) is 25.3 Å². The molecule has 1 unspecified atom stereocenters. The maximum absolute atomic E-state index is 13.0. The highest BCUT2D eigenvalue weighted by Gasteiger charge is 2.26. The molecule has 0 aliphatic carbocycles. The molecule has 0 aliphatic heterocycles. The van der Waals surface area contributed by atoms with Crippen molar-refractivity contribution in [2.75, 3.05) is 24.1 Å². The zero-order valence-corrected chi connectivity index (χ0v) is 21.9. The SMILES string of the molecule is CCCC(=[NH2+])/C(O)=C(\C(=O)NCC(C)(C)C)C(N)=Nc1ccc(NSC)cc1[PH2+]OCC. The lowest BCUT2D eigenvalue weighted by Crippen LogP contribution is -2.44. The summed E-state index contributed by atoms with van der Waals surface area (Å²) in [6.07, 6.45) is 3.09. The van der Waals surface area contributed by atoms with Crippen molar-refractivity contribution in [2.45, 2.75) is 47.5 Å². The van der Waals surface area contributed by atoms with Gasteiger partial charge in [-0.05, 0) is 30.9 Å². The van der Waals surface area contributed by atoms with E-state index in [1.54, 1.807) is 0 Å². The number of carbonyl (C=O) groups excluding carboxylic acids is 1. The number of hydrogen-bond acceptors (Lipinski definition) is 6. The first-order valence-corrected chi connectivity index (χ1v) is 12.9. The minimum Gasteiger partial charge on any atom is -0.502 e. The maximum Gasteiger partial charge on any atom is 0.259 e. The molecule has 0 heterocycles. The maximum atomic E-state index is 13.0. The van der Waals surface area contributed by atoms with Crippen molar-refractivity contribution in [2.24, 2.45) is 16.1 Å². The van der Waals surface area contributed by atoms with Crippen LogP contribution in [0.15, 0.2) is 34.5 Å². The van der Waals surface area contributed by atoms with Crippen molar-refractivity contribution < 1.29 is 19.8 Å². The summed E-state index contributed by atoms with van der Waals surface area (Å²) >= 11 is 1.48. The van der Waals surface area contributed by atoms with Gasteiger partial charge >= 0.3 is 0 Å². The lowest BCUT2D eigenvalue weighted by Gasteiger charge is -2.19. The second-order valence-electron chi connectivity index (χ2n) is 8.39. The smallest absolute Gasteiger partial charge is 0.259 e. The average Bonchev–Trinajstić information content (AvgIpc) is 2.72. The van der Waals surface area contributed by atoms with Gasteiger partial charge in [-0.1, -0.05) is 39.6 Å². The molecule has 1 aromatic carbocycles. The number of aliphatic imine (C=N–C) groups is 1. The van der Waals surface area contributed by atoms with Gasteiger partial charge in [0.1, 0.15) is 22.4 Å². The van der Waals surface area contributed by atoms with Crippen LogP contribution in [0.5, 0.6) is 0 Å². The first-order valence-electron chi connectivity index (χ1n) is 10.6. The summed E-state index contributed by atoms with van der Waals surface area (Å²) < 4.78 is 8.84. The Morgan fingerprint density at radius 3 is 2.59 bits per heavy atom. The summed E-state index contributed by atoms with van der Waals surface area (Å²) in [7, 11) is -0.502. The molecule has 0 fully saturated rings. The average molecular weight is 484 g/mol. The first-order chi connectivity index (χ1) is 15.0. The fourth-order valence-electron chi connectivity index (χ4n) is 2.62. The van der Waals surface area contributed by atoms with Crippen LogP contribution in [0.2, 0.25) is 0 Å². The van der Waals surface area contributed by atoms with Crippen LogP contribution in [-0.4, -0.2) is 42.0 Å². The van der Waals surface area contributed by atoms with Gasteiger partial charge in [-0.25, -0.2) is 9.52 Å². The van der Waals surface area contributed by atoms with Crippen LogP contribution in [0.4, 0.5) is 11.4 Å². The van der Waals surface area contributed by atoms with Crippen LogP contribution < -0.4 is 26.5 Å². The lowest BCUT2D eigenvalue weighted by molar-refractivity contribution is -0.120. The highest BCUT2D eigenvalue weighted by Crippen LogP contribution is 2.25. The van der Waals surface area contributed by atoms with E-state index in [9.17, 15) is 9.90 Å². The van der Waals surface area contributed by atoms with Gasteiger partial charge in [-0.2, -0.15) is 0 Å². The van der Waals surface area contributed by atoms with Crippen LogP contribution in [0.3, 0.4) is 0 Å². The summed E-state index contributed by atoms with van der Waals surface area (Å²) in [5.41, 5.74) is 7.71. The summed E-state index contributed by atoms with van der Waals surface area (Å²) in [5.74, 6) is -0.952. The molecule has 10 heteroatoms. The van der Waals surface area contributed by atoms with E-state index in [-0.39, 0.29) is 28.3 Å². The van der Waals surface area contributed by atoms with Gasteiger partial charge in [0.05, 0.1) is 6.61 Å². The summed E-state index contributed by atoms with van der Waals surface area (Å²) in [6.45, 7) is 10.8. The third-order valence-electron chi connectivity index (χ3n) is 4.19. The molecule has 8 nitrogen and oxygen atoms in total. The Hall–Kier alpha value is -2.09. The monoisotopic (exact) mass is 483 g/mol. The fourth-order valence-corrected chi connectivity index (χ4v) is 3.86.